The van der Waals surface area contributed by atoms with Gasteiger partial charge in [0.1, 0.15) is 0 Å². The first kappa shape index (κ1) is 14.5. The van der Waals surface area contributed by atoms with Crippen molar-refractivity contribution < 1.29 is 9.90 Å². The molecule has 0 aliphatic carbocycles. The van der Waals surface area contributed by atoms with Gasteiger partial charge >= 0.3 is 0 Å². The minimum Gasteiger partial charge on any atom is -0.398 e. The molecule has 1 amide bonds. The standard InChI is InChI=1S/C14H22N2O2/c1-4-11(5-6-17)16-14(18)12-8-13(15)10(3)7-9(12)2/h7-8,11,17H,4-6,15H2,1-3H3,(H,16,18). The summed E-state index contributed by atoms with van der Waals surface area (Å²) >= 11 is 0. The maximum atomic E-state index is 12.1. The van der Waals surface area contributed by atoms with E-state index in [0.29, 0.717) is 17.7 Å². The molecule has 1 aromatic carbocycles. The Bertz CT molecular complexity index is 430. The average molecular weight is 250 g/mol. The van der Waals surface area contributed by atoms with Crippen LogP contribution in [0.15, 0.2) is 12.1 Å². The summed E-state index contributed by atoms with van der Waals surface area (Å²) in [6.45, 7) is 5.88. The second kappa shape index (κ2) is 6.40. The number of nitrogens with two attached hydrogens (primary N) is 1. The lowest BCUT2D eigenvalue weighted by Crippen LogP contribution is -2.35. The molecule has 0 bridgehead atoms. The highest BCUT2D eigenvalue weighted by Crippen LogP contribution is 2.18. The maximum absolute atomic E-state index is 12.1. The van der Waals surface area contributed by atoms with Gasteiger partial charge in [0.05, 0.1) is 0 Å². The van der Waals surface area contributed by atoms with Crippen LogP contribution < -0.4 is 11.1 Å². The molecule has 18 heavy (non-hydrogen) atoms. The number of nitrogens with one attached hydrogen (secondary N) is 1. The number of aliphatic hydroxyl groups is 1. The number of carbonyl (C=O) groups excluding carboxylic acids is 1. The van der Waals surface area contributed by atoms with Gasteiger partial charge in [-0.05, 0) is 43.9 Å². The monoisotopic (exact) mass is 250 g/mol. The summed E-state index contributed by atoms with van der Waals surface area (Å²) in [6.07, 6.45) is 1.37. The summed E-state index contributed by atoms with van der Waals surface area (Å²) in [6, 6.07) is 3.63. The van der Waals surface area contributed by atoms with Crippen LogP contribution in [0.3, 0.4) is 0 Å². The summed E-state index contributed by atoms with van der Waals surface area (Å²) in [7, 11) is 0. The molecule has 0 saturated carbocycles. The van der Waals surface area contributed by atoms with Crippen molar-refractivity contribution >= 4 is 11.6 Å². The first-order valence-electron chi connectivity index (χ1n) is 6.28. The van der Waals surface area contributed by atoms with Gasteiger partial charge < -0.3 is 16.2 Å². The molecular formula is C14H22N2O2. The molecule has 0 saturated heterocycles. The van der Waals surface area contributed by atoms with Gasteiger partial charge in [-0.25, -0.2) is 0 Å². The summed E-state index contributed by atoms with van der Waals surface area (Å²) in [5, 5.41) is 11.8. The van der Waals surface area contributed by atoms with Gasteiger partial charge in [0.25, 0.3) is 5.91 Å². The van der Waals surface area contributed by atoms with E-state index in [-0.39, 0.29) is 18.6 Å². The average Bonchev–Trinajstić information content (AvgIpc) is 2.33. The number of anilines is 1. The lowest BCUT2D eigenvalue weighted by atomic mass is 10.0. The van der Waals surface area contributed by atoms with Crippen molar-refractivity contribution in [1.29, 1.82) is 0 Å². The van der Waals surface area contributed by atoms with Gasteiger partial charge in [-0.2, -0.15) is 0 Å². The third kappa shape index (κ3) is 3.47. The predicted molar refractivity (Wildman–Crippen MR) is 73.6 cm³/mol. The molecule has 0 aliphatic rings. The van der Waals surface area contributed by atoms with Crippen molar-refractivity contribution in [2.24, 2.45) is 0 Å². The molecule has 4 N–H and O–H groups in total. The highest BCUT2D eigenvalue weighted by Gasteiger charge is 2.14. The van der Waals surface area contributed by atoms with Crippen LogP contribution in [0.5, 0.6) is 0 Å². The van der Waals surface area contributed by atoms with Crippen molar-refractivity contribution in [1.82, 2.24) is 5.32 Å². The third-order valence-corrected chi connectivity index (χ3v) is 3.16. The SMILES string of the molecule is CCC(CCO)NC(=O)c1cc(N)c(C)cc1C. The van der Waals surface area contributed by atoms with Crippen LogP contribution in [-0.4, -0.2) is 23.7 Å². The highest BCUT2D eigenvalue weighted by atomic mass is 16.3. The van der Waals surface area contributed by atoms with E-state index < -0.39 is 0 Å². The van der Waals surface area contributed by atoms with E-state index in [1.54, 1.807) is 6.07 Å². The first-order valence-corrected chi connectivity index (χ1v) is 6.28. The van der Waals surface area contributed by atoms with Crippen LogP contribution in [-0.2, 0) is 0 Å². The molecule has 1 rings (SSSR count). The first-order chi connectivity index (χ1) is 8.49. The fourth-order valence-electron chi connectivity index (χ4n) is 1.91. The molecule has 1 atom stereocenters. The molecule has 4 nitrogen and oxygen atoms in total. The molecule has 1 unspecified atom stereocenters. The Hall–Kier alpha value is -1.55. The Balaban J connectivity index is 2.87. The van der Waals surface area contributed by atoms with E-state index in [2.05, 4.69) is 5.32 Å². The number of nitrogen functional groups attached to an aromatic ring is 1. The molecule has 1 aromatic rings. The van der Waals surface area contributed by atoms with Crippen LogP contribution in [0.1, 0.15) is 41.3 Å². The molecule has 0 spiro atoms. The van der Waals surface area contributed by atoms with Crippen LogP contribution in [0.2, 0.25) is 0 Å². The second-order valence-electron chi connectivity index (χ2n) is 4.61. The third-order valence-electron chi connectivity index (χ3n) is 3.16. The maximum Gasteiger partial charge on any atom is 0.251 e. The van der Waals surface area contributed by atoms with Crippen molar-refractivity contribution in [2.45, 2.75) is 39.7 Å². The van der Waals surface area contributed by atoms with Gasteiger partial charge in [0, 0.05) is 23.9 Å². The van der Waals surface area contributed by atoms with E-state index in [9.17, 15) is 4.79 Å². The van der Waals surface area contributed by atoms with Crippen LogP contribution in [0.25, 0.3) is 0 Å². The van der Waals surface area contributed by atoms with Gasteiger partial charge in [0.15, 0.2) is 0 Å². The number of aryl methyl sites for hydroxylation is 2. The Morgan fingerprint density at radius 1 is 1.39 bits per heavy atom. The number of amides is 1. The normalized spacial score (nSPS) is 12.2. The summed E-state index contributed by atoms with van der Waals surface area (Å²) in [5.74, 6) is -0.125. The number of rotatable bonds is 5. The molecular weight excluding hydrogens is 228 g/mol. The molecule has 100 valence electrons. The van der Waals surface area contributed by atoms with E-state index in [1.807, 2.05) is 26.8 Å². The quantitative estimate of drug-likeness (QED) is 0.697. The zero-order chi connectivity index (χ0) is 13.7. The molecule has 0 heterocycles. The summed E-state index contributed by atoms with van der Waals surface area (Å²) in [5.41, 5.74) is 8.95. The summed E-state index contributed by atoms with van der Waals surface area (Å²) < 4.78 is 0. The van der Waals surface area contributed by atoms with Crippen LogP contribution >= 0.6 is 0 Å². The van der Waals surface area contributed by atoms with Gasteiger partial charge in [-0.1, -0.05) is 13.0 Å². The number of carbonyl (C=O) groups is 1. The Labute approximate surface area is 108 Å². The molecule has 0 aromatic heterocycles. The largest absolute Gasteiger partial charge is 0.398 e. The van der Waals surface area contributed by atoms with Crippen LogP contribution in [0, 0.1) is 13.8 Å². The van der Waals surface area contributed by atoms with Gasteiger partial charge in [-0.3, -0.25) is 4.79 Å². The van der Waals surface area contributed by atoms with Crippen molar-refractivity contribution in [3.05, 3.63) is 28.8 Å². The number of hydrogen-bond donors (Lipinski definition) is 3. The van der Waals surface area contributed by atoms with Crippen molar-refractivity contribution in [2.75, 3.05) is 12.3 Å². The smallest absolute Gasteiger partial charge is 0.251 e. The fourth-order valence-corrected chi connectivity index (χ4v) is 1.91. The van der Waals surface area contributed by atoms with Crippen LogP contribution in [0.4, 0.5) is 5.69 Å². The Morgan fingerprint density at radius 3 is 2.61 bits per heavy atom. The zero-order valence-corrected chi connectivity index (χ0v) is 11.3. The van der Waals surface area contributed by atoms with Gasteiger partial charge in [0.2, 0.25) is 0 Å². The number of aliphatic hydroxyl groups excluding tert-OH is 1. The second-order valence-corrected chi connectivity index (χ2v) is 4.61. The van der Waals surface area contributed by atoms with Crippen molar-refractivity contribution in [3.8, 4) is 0 Å². The van der Waals surface area contributed by atoms with E-state index in [4.69, 9.17) is 10.8 Å². The topological polar surface area (TPSA) is 75.3 Å². The fraction of sp³-hybridized carbons (Fsp3) is 0.500. The molecule has 0 aliphatic heterocycles. The molecule has 4 heteroatoms. The van der Waals surface area contributed by atoms with E-state index >= 15 is 0 Å². The Kier molecular flexibility index (Phi) is 5.16. The molecule has 0 radical (unpaired) electrons. The lowest BCUT2D eigenvalue weighted by Gasteiger charge is -2.17. The number of hydrogen-bond acceptors (Lipinski definition) is 3. The Morgan fingerprint density at radius 2 is 2.06 bits per heavy atom. The molecule has 0 fully saturated rings. The van der Waals surface area contributed by atoms with Gasteiger partial charge in [-0.15, -0.1) is 0 Å². The summed E-state index contributed by atoms with van der Waals surface area (Å²) in [4.78, 5) is 12.1. The van der Waals surface area contributed by atoms with E-state index in [0.717, 1.165) is 17.5 Å². The minimum atomic E-state index is -0.125. The van der Waals surface area contributed by atoms with E-state index in [1.165, 1.54) is 0 Å². The zero-order valence-electron chi connectivity index (χ0n) is 11.3. The lowest BCUT2D eigenvalue weighted by molar-refractivity contribution is 0.0928. The minimum absolute atomic E-state index is 0.00410. The van der Waals surface area contributed by atoms with Crippen molar-refractivity contribution in [3.63, 3.8) is 0 Å². The predicted octanol–water partition coefficient (Wildman–Crippen LogP) is 1.78. The number of benzene rings is 1. The highest BCUT2D eigenvalue weighted by molar-refractivity contribution is 5.96.